The van der Waals surface area contributed by atoms with Gasteiger partial charge < -0.3 is 9.30 Å². The molecule has 19 heavy (non-hydrogen) atoms. The number of halogens is 1. The Morgan fingerprint density at radius 2 is 2.05 bits per heavy atom. The van der Waals surface area contributed by atoms with E-state index in [0.29, 0.717) is 0 Å². The van der Waals surface area contributed by atoms with Crippen molar-refractivity contribution in [1.29, 1.82) is 0 Å². The van der Waals surface area contributed by atoms with Gasteiger partial charge in [-0.3, -0.25) is 0 Å². The first-order valence-electron chi connectivity index (χ1n) is 5.82. The molecule has 0 aliphatic carbocycles. The Morgan fingerprint density at radius 3 is 2.84 bits per heavy atom. The summed E-state index contributed by atoms with van der Waals surface area (Å²) in [5.74, 6) is 0.788. The van der Waals surface area contributed by atoms with Crippen molar-refractivity contribution in [3.63, 3.8) is 0 Å². The maximum Gasteiger partial charge on any atom is 0.224 e. The zero-order chi connectivity index (χ0) is 13.4. The minimum Gasteiger partial charge on any atom is -0.497 e. The van der Waals surface area contributed by atoms with Crippen molar-refractivity contribution in [3.8, 4) is 17.0 Å². The van der Waals surface area contributed by atoms with E-state index in [9.17, 15) is 0 Å². The van der Waals surface area contributed by atoms with E-state index in [1.54, 1.807) is 7.11 Å². The van der Waals surface area contributed by atoms with Crippen LogP contribution >= 0.6 is 11.6 Å². The Labute approximate surface area is 115 Å². The smallest absolute Gasteiger partial charge is 0.224 e. The van der Waals surface area contributed by atoms with Crippen LogP contribution in [0.1, 0.15) is 0 Å². The third kappa shape index (κ3) is 2.04. The van der Waals surface area contributed by atoms with Gasteiger partial charge in [-0.2, -0.15) is 4.98 Å². The SMILES string of the molecule is COc1cccc(-c2nc(Cl)nc3c2ccn3C)c1. The van der Waals surface area contributed by atoms with Crippen molar-refractivity contribution in [1.82, 2.24) is 14.5 Å². The first kappa shape index (κ1) is 12.0. The molecule has 1 aromatic carbocycles. The Kier molecular flexibility index (Phi) is 2.87. The lowest BCUT2D eigenvalue weighted by Gasteiger charge is -2.06. The van der Waals surface area contributed by atoms with Gasteiger partial charge in [-0.25, -0.2) is 4.98 Å². The molecule has 0 unspecified atom stereocenters. The number of aromatic nitrogens is 3. The normalized spacial score (nSPS) is 10.9. The molecule has 2 aromatic heterocycles. The molecule has 0 atom stereocenters. The summed E-state index contributed by atoms with van der Waals surface area (Å²) in [5.41, 5.74) is 2.59. The molecular formula is C14H12ClN3O. The summed E-state index contributed by atoms with van der Waals surface area (Å²) < 4.78 is 7.17. The van der Waals surface area contributed by atoms with Gasteiger partial charge in [-0.05, 0) is 29.8 Å². The second-order valence-electron chi connectivity index (χ2n) is 4.24. The molecule has 3 aromatic rings. The van der Waals surface area contributed by atoms with E-state index in [4.69, 9.17) is 16.3 Å². The van der Waals surface area contributed by atoms with Crippen LogP contribution in [0.5, 0.6) is 5.75 Å². The number of hydrogen-bond acceptors (Lipinski definition) is 3. The molecular weight excluding hydrogens is 262 g/mol. The molecule has 2 heterocycles. The van der Waals surface area contributed by atoms with Gasteiger partial charge in [0.1, 0.15) is 11.4 Å². The highest BCUT2D eigenvalue weighted by atomic mass is 35.5. The second-order valence-corrected chi connectivity index (χ2v) is 4.58. The van der Waals surface area contributed by atoms with E-state index in [-0.39, 0.29) is 5.28 Å². The summed E-state index contributed by atoms with van der Waals surface area (Å²) in [6.45, 7) is 0. The van der Waals surface area contributed by atoms with Crippen molar-refractivity contribution in [2.45, 2.75) is 0 Å². The van der Waals surface area contributed by atoms with Gasteiger partial charge in [-0.1, -0.05) is 12.1 Å². The van der Waals surface area contributed by atoms with Crippen LogP contribution < -0.4 is 4.74 Å². The largest absolute Gasteiger partial charge is 0.497 e. The van der Waals surface area contributed by atoms with Crippen LogP contribution in [0.25, 0.3) is 22.3 Å². The zero-order valence-corrected chi connectivity index (χ0v) is 11.3. The van der Waals surface area contributed by atoms with Gasteiger partial charge in [0, 0.05) is 24.2 Å². The van der Waals surface area contributed by atoms with E-state index < -0.39 is 0 Å². The quantitative estimate of drug-likeness (QED) is 0.673. The van der Waals surface area contributed by atoms with Gasteiger partial charge in [-0.15, -0.1) is 0 Å². The second kappa shape index (κ2) is 4.55. The van der Waals surface area contributed by atoms with Crippen molar-refractivity contribution in [2.75, 3.05) is 7.11 Å². The molecule has 0 aliphatic rings. The highest BCUT2D eigenvalue weighted by molar-refractivity contribution is 6.28. The van der Waals surface area contributed by atoms with Gasteiger partial charge in [0.2, 0.25) is 5.28 Å². The molecule has 96 valence electrons. The third-order valence-corrected chi connectivity index (χ3v) is 3.21. The number of methoxy groups -OCH3 is 1. The Morgan fingerprint density at radius 1 is 1.21 bits per heavy atom. The number of aryl methyl sites for hydroxylation is 1. The number of nitrogens with zero attached hydrogens (tertiary/aromatic N) is 3. The van der Waals surface area contributed by atoms with Crippen LogP contribution in [0.4, 0.5) is 0 Å². The fraction of sp³-hybridized carbons (Fsp3) is 0.143. The molecule has 0 fully saturated rings. The highest BCUT2D eigenvalue weighted by Crippen LogP contribution is 2.29. The Hall–Kier alpha value is -2.07. The minimum absolute atomic E-state index is 0.243. The van der Waals surface area contributed by atoms with Crippen LogP contribution in [0.2, 0.25) is 5.28 Å². The number of fused-ring (bicyclic) bond motifs is 1. The van der Waals surface area contributed by atoms with Crippen molar-refractivity contribution in [2.24, 2.45) is 7.05 Å². The lowest BCUT2D eigenvalue weighted by Crippen LogP contribution is -1.94. The zero-order valence-electron chi connectivity index (χ0n) is 10.6. The molecule has 0 N–H and O–H groups in total. The summed E-state index contributed by atoms with van der Waals surface area (Å²) >= 11 is 6.01. The van der Waals surface area contributed by atoms with Crippen molar-refractivity contribution >= 4 is 22.6 Å². The predicted molar refractivity (Wildman–Crippen MR) is 75.5 cm³/mol. The first-order valence-corrected chi connectivity index (χ1v) is 6.20. The van der Waals surface area contributed by atoms with E-state index >= 15 is 0 Å². The topological polar surface area (TPSA) is 39.9 Å². The van der Waals surface area contributed by atoms with Gasteiger partial charge in [0.25, 0.3) is 0 Å². The van der Waals surface area contributed by atoms with E-state index in [0.717, 1.165) is 28.0 Å². The number of benzene rings is 1. The number of rotatable bonds is 2. The summed E-state index contributed by atoms with van der Waals surface area (Å²) in [5, 5.41) is 1.22. The van der Waals surface area contributed by atoms with E-state index in [2.05, 4.69) is 9.97 Å². The third-order valence-electron chi connectivity index (χ3n) is 3.04. The number of hydrogen-bond donors (Lipinski definition) is 0. The van der Waals surface area contributed by atoms with Crippen molar-refractivity contribution < 1.29 is 4.74 Å². The summed E-state index contributed by atoms with van der Waals surface area (Å²) in [6.07, 6.45) is 1.94. The van der Waals surface area contributed by atoms with Crippen LogP contribution in [-0.4, -0.2) is 21.6 Å². The molecule has 3 rings (SSSR count). The van der Waals surface area contributed by atoms with Crippen LogP contribution in [-0.2, 0) is 7.05 Å². The molecule has 0 radical (unpaired) electrons. The van der Waals surface area contributed by atoms with Crippen molar-refractivity contribution in [3.05, 3.63) is 41.8 Å². The molecule has 4 nitrogen and oxygen atoms in total. The molecule has 0 bridgehead atoms. The standard InChI is InChI=1S/C14H12ClN3O/c1-18-7-6-11-12(16-14(15)17-13(11)18)9-4-3-5-10(8-9)19-2/h3-8H,1-2H3. The first-order chi connectivity index (χ1) is 9.19. The summed E-state index contributed by atoms with van der Waals surface area (Å²) in [6, 6.07) is 9.73. The number of ether oxygens (including phenoxy) is 1. The highest BCUT2D eigenvalue weighted by Gasteiger charge is 2.11. The molecule has 0 saturated carbocycles. The Balaban J connectivity index is 2.29. The molecule has 0 amide bonds. The predicted octanol–water partition coefficient (Wildman–Crippen LogP) is 3.30. The maximum absolute atomic E-state index is 6.01. The fourth-order valence-electron chi connectivity index (χ4n) is 2.10. The van der Waals surface area contributed by atoms with Crippen LogP contribution in [0, 0.1) is 0 Å². The van der Waals surface area contributed by atoms with Crippen LogP contribution in [0.15, 0.2) is 36.5 Å². The molecule has 0 saturated heterocycles. The van der Waals surface area contributed by atoms with Gasteiger partial charge in [0.05, 0.1) is 12.8 Å². The van der Waals surface area contributed by atoms with Crippen LogP contribution in [0.3, 0.4) is 0 Å². The lowest BCUT2D eigenvalue weighted by molar-refractivity contribution is 0.415. The van der Waals surface area contributed by atoms with E-state index in [1.165, 1.54) is 0 Å². The minimum atomic E-state index is 0.243. The van der Waals surface area contributed by atoms with Gasteiger partial charge in [0.15, 0.2) is 0 Å². The lowest BCUT2D eigenvalue weighted by atomic mass is 10.1. The molecule has 0 spiro atoms. The van der Waals surface area contributed by atoms with Gasteiger partial charge >= 0.3 is 0 Å². The Bertz CT molecular complexity index is 752. The monoisotopic (exact) mass is 273 g/mol. The maximum atomic E-state index is 6.01. The molecule has 0 aliphatic heterocycles. The average molecular weight is 274 g/mol. The fourth-order valence-corrected chi connectivity index (χ4v) is 2.27. The summed E-state index contributed by atoms with van der Waals surface area (Å²) in [7, 11) is 3.57. The summed E-state index contributed by atoms with van der Waals surface area (Å²) in [4.78, 5) is 8.60. The van der Waals surface area contributed by atoms with E-state index in [1.807, 2.05) is 48.1 Å². The average Bonchev–Trinajstić information content (AvgIpc) is 2.80. The molecule has 5 heteroatoms.